The molecule has 3 heteroatoms. The number of allylic oxidation sites excluding steroid dienone is 2. The lowest BCUT2D eigenvalue weighted by atomic mass is 10.2. The average molecular weight is 237 g/mol. The molecule has 2 nitrogen and oxygen atoms in total. The molecule has 0 aromatic heterocycles. The predicted octanol–water partition coefficient (Wildman–Crippen LogP) is 4.30. The number of unbranched alkanes of at least 4 members (excludes halogenated alkanes) is 1. The Hall–Kier alpha value is -0.980. The summed E-state index contributed by atoms with van der Waals surface area (Å²) in [4.78, 5) is 0. The highest BCUT2D eigenvalue weighted by atomic mass is 31.1. The molecule has 0 bridgehead atoms. The second-order valence-corrected chi connectivity index (χ2v) is 4.82. The smallest absolute Gasteiger partial charge is 0.141 e. The van der Waals surface area contributed by atoms with Crippen molar-refractivity contribution in [2.45, 2.75) is 26.4 Å². The van der Waals surface area contributed by atoms with Crippen molar-refractivity contribution >= 4 is 8.03 Å². The highest BCUT2D eigenvalue weighted by Gasteiger charge is 2.14. The maximum atomic E-state index is 11.5. The van der Waals surface area contributed by atoms with Crippen LogP contribution in [0.5, 0.6) is 0 Å². The van der Waals surface area contributed by atoms with Crippen molar-refractivity contribution in [2.24, 2.45) is 0 Å². The molecule has 0 aliphatic carbocycles. The van der Waals surface area contributed by atoms with Crippen LogP contribution < -0.4 is 0 Å². The summed E-state index contributed by atoms with van der Waals surface area (Å²) in [5.41, 5.74) is 1.06. The zero-order valence-electron chi connectivity index (χ0n) is 9.63. The molecule has 0 aliphatic heterocycles. The van der Waals surface area contributed by atoms with E-state index in [0.29, 0.717) is 12.8 Å². The predicted molar refractivity (Wildman–Crippen MR) is 67.8 cm³/mol. The van der Waals surface area contributed by atoms with E-state index in [-0.39, 0.29) is 0 Å². The third-order valence-electron chi connectivity index (χ3n) is 2.09. The minimum Gasteiger partial charge on any atom is -0.141 e. The second-order valence-electron chi connectivity index (χ2n) is 3.53. The number of hydrogen-bond acceptors (Lipinski definition) is 2. The van der Waals surface area contributed by atoms with Gasteiger partial charge in [-0.05, 0) is 22.6 Å². The van der Waals surface area contributed by atoms with Gasteiger partial charge in [-0.1, -0.05) is 49.8 Å². The maximum absolute atomic E-state index is 11.5. The van der Waals surface area contributed by atoms with Crippen molar-refractivity contribution < 1.29 is 9.09 Å². The zero-order valence-corrected chi connectivity index (χ0v) is 10.5. The fourth-order valence-electron chi connectivity index (χ4n) is 1.22. The molecular formula is C13H18O2P+. The lowest BCUT2D eigenvalue weighted by Crippen LogP contribution is -1.85. The van der Waals surface area contributed by atoms with E-state index in [9.17, 15) is 4.57 Å². The van der Waals surface area contributed by atoms with Gasteiger partial charge in [0.1, 0.15) is 6.61 Å². The molecule has 0 fully saturated rings. The molecule has 86 valence electrons. The molecule has 0 amide bonds. The topological polar surface area (TPSA) is 26.3 Å². The molecule has 1 atom stereocenters. The molecular weight excluding hydrogens is 219 g/mol. The molecule has 1 aromatic carbocycles. The largest absolute Gasteiger partial charge is 0.512 e. The standard InChI is InChI=1S/C13H18O2P/c1-2-3-4-8-11-16(14)15-12-13-9-6-5-7-10-13/h4-10H,2-3,11-12H2,1H3/q+1/b8-4+. The van der Waals surface area contributed by atoms with Crippen LogP contribution in [0.2, 0.25) is 0 Å². The monoisotopic (exact) mass is 237 g/mol. The Labute approximate surface area is 98.2 Å². The Balaban J connectivity index is 2.20. The zero-order chi connectivity index (χ0) is 11.6. The quantitative estimate of drug-likeness (QED) is 0.522. The number of hydrogen-bond donors (Lipinski definition) is 0. The van der Waals surface area contributed by atoms with Crippen molar-refractivity contribution in [3.8, 4) is 0 Å². The third-order valence-corrected chi connectivity index (χ3v) is 3.02. The van der Waals surface area contributed by atoms with Crippen molar-refractivity contribution in [1.82, 2.24) is 0 Å². The van der Waals surface area contributed by atoms with E-state index in [4.69, 9.17) is 4.52 Å². The first-order chi connectivity index (χ1) is 7.83. The lowest BCUT2D eigenvalue weighted by molar-refractivity contribution is 0.320. The van der Waals surface area contributed by atoms with E-state index in [0.717, 1.165) is 18.4 Å². The highest BCUT2D eigenvalue weighted by Crippen LogP contribution is 2.24. The molecule has 0 N–H and O–H groups in total. The highest BCUT2D eigenvalue weighted by molar-refractivity contribution is 7.39. The van der Waals surface area contributed by atoms with Gasteiger partial charge in [-0.25, -0.2) is 0 Å². The van der Waals surface area contributed by atoms with Crippen LogP contribution in [0.3, 0.4) is 0 Å². The first-order valence-electron chi connectivity index (χ1n) is 5.59. The summed E-state index contributed by atoms with van der Waals surface area (Å²) in [7, 11) is -1.56. The van der Waals surface area contributed by atoms with Crippen LogP contribution in [-0.2, 0) is 15.7 Å². The fourth-order valence-corrected chi connectivity index (χ4v) is 1.94. The van der Waals surface area contributed by atoms with Crippen LogP contribution in [0.1, 0.15) is 25.3 Å². The van der Waals surface area contributed by atoms with Gasteiger partial charge in [-0.15, -0.1) is 4.52 Å². The molecule has 0 heterocycles. The molecule has 0 saturated carbocycles. The molecule has 1 rings (SSSR count). The van der Waals surface area contributed by atoms with Gasteiger partial charge in [0.2, 0.25) is 0 Å². The van der Waals surface area contributed by atoms with Gasteiger partial charge in [-0.3, -0.25) is 0 Å². The fraction of sp³-hybridized carbons (Fsp3) is 0.385. The van der Waals surface area contributed by atoms with Gasteiger partial charge in [0.05, 0.1) is 0 Å². The van der Waals surface area contributed by atoms with Gasteiger partial charge in [0, 0.05) is 0 Å². The van der Waals surface area contributed by atoms with Crippen LogP contribution in [0.25, 0.3) is 0 Å². The van der Waals surface area contributed by atoms with Gasteiger partial charge >= 0.3 is 8.03 Å². The van der Waals surface area contributed by atoms with Crippen LogP contribution in [0.4, 0.5) is 0 Å². The van der Waals surface area contributed by atoms with Crippen molar-refractivity contribution in [3.05, 3.63) is 48.0 Å². The average Bonchev–Trinajstić information content (AvgIpc) is 2.33. The molecule has 0 radical (unpaired) electrons. The molecule has 16 heavy (non-hydrogen) atoms. The summed E-state index contributed by atoms with van der Waals surface area (Å²) < 4.78 is 16.7. The Morgan fingerprint density at radius 2 is 2.00 bits per heavy atom. The first-order valence-corrected chi connectivity index (χ1v) is 6.95. The van der Waals surface area contributed by atoms with Gasteiger partial charge in [-0.2, -0.15) is 0 Å². The summed E-state index contributed by atoms with van der Waals surface area (Å²) in [6.45, 7) is 2.55. The lowest BCUT2D eigenvalue weighted by Gasteiger charge is -1.93. The first kappa shape index (κ1) is 13.1. The van der Waals surface area contributed by atoms with E-state index < -0.39 is 8.03 Å². The maximum Gasteiger partial charge on any atom is 0.512 e. The third kappa shape index (κ3) is 5.79. The minimum atomic E-state index is -1.56. The van der Waals surface area contributed by atoms with Crippen LogP contribution in [-0.4, -0.2) is 6.16 Å². The van der Waals surface area contributed by atoms with E-state index >= 15 is 0 Å². The van der Waals surface area contributed by atoms with Gasteiger partial charge < -0.3 is 0 Å². The van der Waals surface area contributed by atoms with Crippen molar-refractivity contribution in [3.63, 3.8) is 0 Å². The van der Waals surface area contributed by atoms with Crippen molar-refractivity contribution in [1.29, 1.82) is 0 Å². The Morgan fingerprint density at radius 1 is 1.25 bits per heavy atom. The summed E-state index contributed by atoms with van der Waals surface area (Å²) in [5, 5.41) is 0. The van der Waals surface area contributed by atoms with E-state index in [1.54, 1.807) is 0 Å². The molecule has 0 saturated heterocycles. The van der Waals surface area contributed by atoms with E-state index in [1.807, 2.05) is 36.4 Å². The molecule has 0 spiro atoms. The summed E-state index contributed by atoms with van der Waals surface area (Å²) >= 11 is 0. The number of rotatable bonds is 7. The van der Waals surface area contributed by atoms with Gasteiger partial charge in [0.25, 0.3) is 0 Å². The summed E-state index contributed by atoms with van der Waals surface area (Å²) in [5.74, 6) is 0. The Bertz CT molecular complexity index is 333. The molecule has 1 unspecified atom stereocenters. The van der Waals surface area contributed by atoms with E-state index in [1.165, 1.54) is 0 Å². The SMILES string of the molecule is CCC/C=C/C[P+](=O)OCc1ccccc1. The molecule has 1 aromatic rings. The number of benzene rings is 1. The van der Waals surface area contributed by atoms with Crippen LogP contribution >= 0.6 is 8.03 Å². The summed E-state index contributed by atoms with van der Waals surface area (Å²) in [6.07, 6.45) is 6.68. The normalized spacial score (nSPS) is 11.9. The van der Waals surface area contributed by atoms with Crippen molar-refractivity contribution in [2.75, 3.05) is 6.16 Å². The van der Waals surface area contributed by atoms with Crippen LogP contribution in [0.15, 0.2) is 42.5 Å². The summed E-state index contributed by atoms with van der Waals surface area (Å²) in [6, 6.07) is 9.79. The van der Waals surface area contributed by atoms with Crippen LogP contribution in [0, 0.1) is 0 Å². The Kier molecular flexibility index (Phi) is 6.71. The van der Waals surface area contributed by atoms with E-state index in [2.05, 4.69) is 13.0 Å². The molecule has 0 aliphatic rings. The Morgan fingerprint density at radius 3 is 2.69 bits per heavy atom. The minimum absolute atomic E-state index is 0.428. The second kappa shape index (κ2) is 8.20. The van der Waals surface area contributed by atoms with Gasteiger partial charge in [0.15, 0.2) is 6.16 Å².